The Kier molecular flexibility index (Phi) is 3.44. The van der Waals surface area contributed by atoms with Crippen molar-refractivity contribution in [2.24, 2.45) is 0 Å². The molecule has 3 heteroatoms. The summed E-state index contributed by atoms with van der Waals surface area (Å²) in [5, 5.41) is 4.49. The number of rotatable bonds is 2. The van der Waals surface area contributed by atoms with Crippen molar-refractivity contribution in [2.75, 3.05) is 13.7 Å². The molecule has 112 valence electrons. The van der Waals surface area contributed by atoms with Gasteiger partial charge in [0.1, 0.15) is 5.75 Å². The second-order valence-corrected chi connectivity index (χ2v) is 6.33. The zero-order valence-electron chi connectivity index (χ0n) is 12.5. The van der Waals surface area contributed by atoms with Gasteiger partial charge in [0.25, 0.3) is 0 Å². The van der Waals surface area contributed by atoms with E-state index in [1.807, 2.05) is 18.2 Å². The van der Waals surface area contributed by atoms with Crippen LogP contribution in [0.15, 0.2) is 48.0 Å². The summed E-state index contributed by atoms with van der Waals surface area (Å²) >= 11 is 6.19. The number of methoxy groups -OCH3 is 1. The van der Waals surface area contributed by atoms with Gasteiger partial charge in [-0.25, -0.2) is 0 Å². The molecule has 0 radical (unpaired) electrons. The maximum Gasteiger partial charge on any atom is 0.118 e. The van der Waals surface area contributed by atoms with Crippen molar-refractivity contribution < 1.29 is 4.74 Å². The van der Waals surface area contributed by atoms with E-state index >= 15 is 0 Å². The Labute approximate surface area is 135 Å². The van der Waals surface area contributed by atoms with E-state index in [1.54, 1.807) is 7.11 Å². The van der Waals surface area contributed by atoms with Crippen molar-refractivity contribution in [2.45, 2.75) is 18.9 Å². The summed E-state index contributed by atoms with van der Waals surface area (Å²) in [5.74, 6) is 0.898. The Bertz CT molecular complexity index is 749. The Balaban J connectivity index is 1.73. The first-order chi connectivity index (χ1) is 10.8. The fourth-order valence-corrected chi connectivity index (χ4v) is 3.79. The molecule has 0 spiro atoms. The van der Waals surface area contributed by atoms with E-state index in [2.05, 4.69) is 29.6 Å². The molecule has 0 amide bonds. The molecule has 1 aliphatic heterocycles. The lowest BCUT2D eigenvalue weighted by Crippen LogP contribution is -2.28. The second-order valence-electron chi connectivity index (χ2n) is 5.89. The van der Waals surface area contributed by atoms with Crippen molar-refractivity contribution >= 4 is 17.2 Å². The minimum absolute atomic E-state index is 0.292. The normalized spacial score (nSPS) is 19.8. The highest BCUT2D eigenvalue weighted by Gasteiger charge is 2.30. The molecule has 4 rings (SSSR count). The lowest BCUT2D eigenvalue weighted by atomic mass is 9.90. The highest BCUT2D eigenvalue weighted by Crippen LogP contribution is 2.43. The van der Waals surface area contributed by atoms with E-state index in [0.29, 0.717) is 6.04 Å². The highest BCUT2D eigenvalue weighted by molar-refractivity contribution is 6.30. The number of hydrogen-bond acceptors (Lipinski definition) is 2. The third-order valence-electron chi connectivity index (χ3n) is 4.69. The molecule has 1 atom stereocenters. The van der Waals surface area contributed by atoms with Crippen LogP contribution in [0, 0.1) is 0 Å². The summed E-state index contributed by atoms with van der Waals surface area (Å²) in [4.78, 5) is 0. The largest absolute Gasteiger partial charge is 0.497 e. The molecule has 0 saturated carbocycles. The molecule has 0 fully saturated rings. The number of halogens is 1. The first-order valence-electron chi connectivity index (χ1n) is 7.64. The first kappa shape index (κ1) is 13.9. The summed E-state index contributed by atoms with van der Waals surface area (Å²) in [6, 6.07) is 15.0. The van der Waals surface area contributed by atoms with Gasteiger partial charge in [-0.15, -0.1) is 0 Å². The zero-order chi connectivity index (χ0) is 15.1. The number of nitrogens with one attached hydrogen (secondary N) is 1. The van der Waals surface area contributed by atoms with Crippen molar-refractivity contribution in [1.82, 2.24) is 5.32 Å². The van der Waals surface area contributed by atoms with Gasteiger partial charge in [-0.05, 0) is 64.9 Å². The van der Waals surface area contributed by atoms with Gasteiger partial charge in [0, 0.05) is 11.6 Å². The van der Waals surface area contributed by atoms with Crippen molar-refractivity contribution in [3.05, 3.63) is 69.8 Å². The predicted octanol–water partition coefficient (Wildman–Crippen LogP) is 4.39. The second kappa shape index (κ2) is 5.45. The first-order valence-corrected chi connectivity index (χ1v) is 8.02. The summed E-state index contributed by atoms with van der Waals surface area (Å²) < 4.78 is 5.26. The van der Waals surface area contributed by atoms with Crippen LogP contribution in [-0.4, -0.2) is 13.7 Å². The summed E-state index contributed by atoms with van der Waals surface area (Å²) in [6.07, 6.45) is 2.10. The van der Waals surface area contributed by atoms with Gasteiger partial charge < -0.3 is 10.1 Å². The van der Waals surface area contributed by atoms with Crippen LogP contribution in [0.4, 0.5) is 0 Å². The lowest BCUT2D eigenvalue weighted by molar-refractivity contribution is 0.414. The van der Waals surface area contributed by atoms with E-state index in [4.69, 9.17) is 16.3 Å². The molecule has 1 heterocycles. The average molecular weight is 312 g/mol. The molecule has 2 aromatic carbocycles. The molecule has 2 aliphatic rings. The van der Waals surface area contributed by atoms with E-state index in [1.165, 1.54) is 27.8 Å². The number of hydrogen-bond donors (Lipinski definition) is 1. The maximum absolute atomic E-state index is 6.19. The van der Waals surface area contributed by atoms with E-state index in [0.717, 1.165) is 30.2 Å². The third-order valence-corrected chi connectivity index (χ3v) is 4.92. The number of ether oxygens (including phenoxy) is 1. The third kappa shape index (κ3) is 2.23. The molecule has 0 bridgehead atoms. The summed E-state index contributed by atoms with van der Waals surface area (Å²) in [5.41, 5.74) is 7.02. The molecule has 1 aliphatic carbocycles. The van der Waals surface area contributed by atoms with Crippen LogP contribution in [0.5, 0.6) is 5.75 Å². The molecule has 0 aromatic heterocycles. The van der Waals surface area contributed by atoms with E-state index in [9.17, 15) is 0 Å². The average Bonchev–Trinajstić information content (AvgIpc) is 2.93. The molecule has 0 saturated heterocycles. The molecule has 2 nitrogen and oxygen atoms in total. The quantitative estimate of drug-likeness (QED) is 0.888. The Morgan fingerprint density at radius 1 is 1.14 bits per heavy atom. The van der Waals surface area contributed by atoms with E-state index in [-0.39, 0.29) is 0 Å². The van der Waals surface area contributed by atoms with Gasteiger partial charge in [0.2, 0.25) is 0 Å². The fourth-order valence-electron chi connectivity index (χ4n) is 3.62. The summed E-state index contributed by atoms with van der Waals surface area (Å²) in [6.45, 7) is 1.00. The van der Waals surface area contributed by atoms with Crippen LogP contribution in [0.3, 0.4) is 0 Å². The smallest absolute Gasteiger partial charge is 0.118 e. The van der Waals surface area contributed by atoms with Crippen LogP contribution < -0.4 is 10.1 Å². The molecule has 2 aromatic rings. The molecule has 1 unspecified atom stereocenters. The van der Waals surface area contributed by atoms with Gasteiger partial charge in [-0.1, -0.05) is 29.8 Å². The van der Waals surface area contributed by atoms with Crippen LogP contribution >= 0.6 is 11.6 Å². The Hall–Kier alpha value is -1.77. The van der Waals surface area contributed by atoms with Crippen LogP contribution in [0.25, 0.3) is 5.57 Å². The Morgan fingerprint density at radius 3 is 2.73 bits per heavy atom. The van der Waals surface area contributed by atoms with Gasteiger partial charge in [0.15, 0.2) is 0 Å². The number of fused-ring (bicyclic) bond motifs is 2. The van der Waals surface area contributed by atoms with Gasteiger partial charge >= 0.3 is 0 Å². The Morgan fingerprint density at radius 2 is 1.95 bits per heavy atom. The van der Waals surface area contributed by atoms with Crippen molar-refractivity contribution in [3.63, 3.8) is 0 Å². The highest BCUT2D eigenvalue weighted by atomic mass is 35.5. The SMILES string of the molecule is COc1ccc(C2NCCC3=C2Cc2ccc(Cl)cc23)cc1. The minimum Gasteiger partial charge on any atom is -0.497 e. The lowest BCUT2D eigenvalue weighted by Gasteiger charge is -2.27. The number of benzene rings is 2. The molecular weight excluding hydrogens is 294 g/mol. The predicted molar refractivity (Wildman–Crippen MR) is 90.4 cm³/mol. The van der Waals surface area contributed by atoms with Gasteiger partial charge in [-0.3, -0.25) is 0 Å². The minimum atomic E-state index is 0.292. The van der Waals surface area contributed by atoms with Gasteiger partial charge in [0.05, 0.1) is 13.2 Å². The van der Waals surface area contributed by atoms with Crippen molar-refractivity contribution in [1.29, 1.82) is 0 Å². The van der Waals surface area contributed by atoms with Crippen molar-refractivity contribution in [3.8, 4) is 5.75 Å². The zero-order valence-corrected chi connectivity index (χ0v) is 13.3. The summed E-state index contributed by atoms with van der Waals surface area (Å²) in [7, 11) is 1.70. The standard InChI is InChI=1S/C19H18ClNO/c1-22-15-6-3-12(4-7-15)19-18-10-13-2-5-14(20)11-17(13)16(18)8-9-21-19/h2-7,11,19,21H,8-10H2,1H3. The van der Waals surface area contributed by atoms with Crippen LogP contribution in [0.1, 0.15) is 29.2 Å². The van der Waals surface area contributed by atoms with Crippen LogP contribution in [0.2, 0.25) is 5.02 Å². The maximum atomic E-state index is 6.19. The fraction of sp³-hybridized carbons (Fsp3) is 0.263. The van der Waals surface area contributed by atoms with Gasteiger partial charge in [-0.2, -0.15) is 0 Å². The van der Waals surface area contributed by atoms with Crippen LogP contribution in [-0.2, 0) is 6.42 Å². The molecular formula is C19H18ClNO. The molecule has 1 N–H and O–H groups in total. The molecule has 22 heavy (non-hydrogen) atoms. The topological polar surface area (TPSA) is 21.3 Å². The monoisotopic (exact) mass is 311 g/mol. The van der Waals surface area contributed by atoms with E-state index < -0.39 is 0 Å².